The molecule has 3 rings (SSSR count). The van der Waals surface area contributed by atoms with Crippen molar-refractivity contribution in [3.63, 3.8) is 0 Å². The van der Waals surface area contributed by atoms with Crippen LogP contribution in [0.4, 0.5) is 0 Å². The fraction of sp³-hybridized carbons (Fsp3) is 0.650. The van der Waals surface area contributed by atoms with Gasteiger partial charge in [0.05, 0.1) is 25.3 Å². The highest BCUT2D eigenvalue weighted by atomic mass is 16.5. The second kappa shape index (κ2) is 8.19. The molecule has 2 fully saturated rings. The summed E-state index contributed by atoms with van der Waals surface area (Å²) in [6, 6.07) is 8.29. The van der Waals surface area contributed by atoms with E-state index in [4.69, 9.17) is 4.74 Å². The summed E-state index contributed by atoms with van der Waals surface area (Å²) in [5.74, 6) is 1.38. The van der Waals surface area contributed by atoms with Gasteiger partial charge < -0.3 is 14.7 Å². The van der Waals surface area contributed by atoms with Gasteiger partial charge in [0.2, 0.25) is 5.91 Å². The second-order valence-electron chi connectivity index (χ2n) is 7.32. The summed E-state index contributed by atoms with van der Waals surface area (Å²) in [5, 5.41) is 10.0. The van der Waals surface area contributed by atoms with E-state index in [1.54, 1.807) is 0 Å². The molecule has 5 heteroatoms. The predicted octanol–water partition coefficient (Wildman–Crippen LogP) is 2.45. The molecule has 1 aromatic rings. The highest BCUT2D eigenvalue weighted by Crippen LogP contribution is 2.33. The summed E-state index contributed by atoms with van der Waals surface area (Å²) in [5.41, 5.74) is 1.18. The van der Waals surface area contributed by atoms with Gasteiger partial charge in [-0.15, -0.1) is 0 Å². The molecule has 3 unspecified atom stereocenters. The van der Waals surface area contributed by atoms with Crippen molar-refractivity contribution < 1.29 is 14.6 Å². The Labute approximate surface area is 150 Å². The number of aliphatic hydroxyl groups excluding tert-OH is 1. The smallest absolute Gasteiger partial charge is 0.237 e. The Hall–Kier alpha value is -1.59. The average Bonchev–Trinajstić information content (AvgIpc) is 3.09. The van der Waals surface area contributed by atoms with E-state index in [0.29, 0.717) is 25.6 Å². The Balaban J connectivity index is 1.61. The summed E-state index contributed by atoms with van der Waals surface area (Å²) >= 11 is 0. The summed E-state index contributed by atoms with van der Waals surface area (Å²) in [6.45, 7) is 7.45. The van der Waals surface area contributed by atoms with Gasteiger partial charge in [-0.2, -0.15) is 0 Å². The SMILES string of the molecule is CCOc1ccc(C2CCCN2C(=O)CN2CCC(C)C(O)C2)cc1. The van der Waals surface area contributed by atoms with Gasteiger partial charge in [-0.1, -0.05) is 19.1 Å². The van der Waals surface area contributed by atoms with E-state index in [-0.39, 0.29) is 18.1 Å². The minimum absolute atomic E-state index is 0.164. The molecule has 1 amide bonds. The van der Waals surface area contributed by atoms with Gasteiger partial charge in [0.25, 0.3) is 0 Å². The van der Waals surface area contributed by atoms with Crippen molar-refractivity contribution in [1.29, 1.82) is 0 Å². The first kappa shape index (κ1) is 18.2. The standard InChI is InChI=1S/C20H30N2O3/c1-3-25-17-8-6-16(7-9-17)18-5-4-11-22(18)20(24)14-21-12-10-15(2)19(23)13-21/h6-9,15,18-19,23H,3-5,10-14H2,1-2H3. The molecule has 2 aliphatic heterocycles. The molecule has 0 aliphatic carbocycles. The molecule has 0 saturated carbocycles. The maximum absolute atomic E-state index is 12.8. The van der Waals surface area contributed by atoms with Crippen LogP contribution >= 0.6 is 0 Å². The van der Waals surface area contributed by atoms with Crippen LogP contribution in [0.3, 0.4) is 0 Å². The van der Waals surface area contributed by atoms with Crippen LogP contribution in [-0.4, -0.2) is 59.7 Å². The molecule has 0 spiro atoms. The lowest BCUT2D eigenvalue weighted by Gasteiger charge is -2.35. The van der Waals surface area contributed by atoms with Crippen molar-refractivity contribution in [2.45, 2.75) is 45.3 Å². The van der Waals surface area contributed by atoms with Gasteiger partial charge in [-0.3, -0.25) is 9.69 Å². The summed E-state index contributed by atoms with van der Waals surface area (Å²) in [6.07, 6.45) is 2.70. The fourth-order valence-electron chi connectivity index (χ4n) is 3.90. The third-order valence-electron chi connectivity index (χ3n) is 5.51. The minimum Gasteiger partial charge on any atom is -0.494 e. The van der Waals surface area contributed by atoms with E-state index in [1.807, 2.05) is 24.0 Å². The quantitative estimate of drug-likeness (QED) is 0.890. The molecule has 3 atom stereocenters. The second-order valence-corrected chi connectivity index (χ2v) is 7.32. The highest BCUT2D eigenvalue weighted by Gasteiger charge is 2.32. The zero-order valence-corrected chi connectivity index (χ0v) is 15.4. The molecule has 5 nitrogen and oxygen atoms in total. The number of amides is 1. The number of likely N-dealkylation sites (tertiary alicyclic amines) is 2. The van der Waals surface area contributed by atoms with E-state index >= 15 is 0 Å². The van der Waals surface area contributed by atoms with Crippen molar-refractivity contribution in [2.75, 3.05) is 32.8 Å². The molecule has 2 heterocycles. The van der Waals surface area contributed by atoms with Crippen molar-refractivity contribution in [3.05, 3.63) is 29.8 Å². The molecule has 138 valence electrons. The number of hydrogen-bond donors (Lipinski definition) is 1. The van der Waals surface area contributed by atoms with Crippen LogP contribution in [-0.2, 0) is 4.79 Å². The van der Waals surface area contributed by atoms with Crippen molar-refractivity contribution in [3.8, 4) is 5.75 Å². The van der Waals surface area contributed by atoms with Gasteiger partial charge in [0.15, 0.2) is 0 Å². The highest BCUT2D eigenvalue weighted by molar-refractivity contribution is 5.79. The molecule has 25 heavy (non-hydrogen) atoms. The van der Waals surface area contributed by atoms with E-state index in [2.05, 4.69) is 24.0 Å². The fourth-order valence-corrected chi connectivity index (χ4v) is 3.90. The van der Waals surface area contributed by atoms with Crippen LogP contribution in [0.25, 0.3) is 0 Å². The van der Waals surface area contributed by atoms with Gasteiger partial charge in [0, 0.05) is 13.1 Å². The molecule has 1 aromatic carbocycles. The number of rotatable bonds is 5. The van der Waals surface area contributed by atoms with Gasteiger partial charge in [0.1, 0.15) is 5.75 Å². The van der Waals surface area contributed by atoms with E-state index in [0.717, 1.165) is 38.1 Å². The molecule has 2 aliphatic rings. The number of carbonyl (C=O) groups excluding carboxylic acids is 1. The van der Waals surface area contributed by atoms with Crippen LogP contribution in [0.15, 0.2) is 24.3 Å². The van der Waals surface area contributed by atoms with E-state index in [1.165, 1.54) is 5.56 Å². The van der Waals surface area contributed by atoms with Crippen LogP contribution in [0.5, 0.6) is 5.75 Å². The lowest BCUT2D eigenvalue weighted by atomic mass is 9.96. The van der Waals surface area contributed by atoms with Crippen LogP contribution < -0.4 is 4.74 Å². The third kappa shape index (κ3) is 4.33. The van der Waals surface area contributed by atoms with E-state index < -0.39 is 0 Å². The number of piperidine rings is 1. The molecule has 0 radical (unpaired) electrons. The Kier molecular flexibility index (Phi) is 5.97. The Morgan fingerprint density at radius 3 is 2.68 bits per heavy atom. The number of benzene rings is 1. The molecular formula is C20H30N2O3. The molecular weight excluding hydrogens is 316 g/mol. The summed E-state index contributed by atoms with van der Waals surface area (Å²) in [4.78, 5) is 16.9. The van der Waals surface area contributed by atoms with E-state index in [9.17, 15) is 9.90 Å². The maximum atomic E-state index is 12.8. The maximum Gasteiger partial charge on any atom is 0.237 e. The topological polar surface area (TPSA) is 53.0 Å². The number of ether oxygens (including phenoxy) is 1. The first-order valence-corrected chi connectivity index (χ1v) is 9.51. The monoisotopic (exact) mass is 346 g/mol. The number of β-amino-alcohol motifs (C(OH)–C–C–N with tert-alkyl or cyclic N) is 1. The predicted molar refractivity (Wildman–Crippen MR) is 97.5 cm³/mol. The van der Waals surface area contributed by atoms with Crippen LogP contribution in [0.1, 0.15) is 44.7 Å². The van der Waals surface area contributed by atoms with Crippen molar-refractivity contribution in [2.24, 2.45) is 5.92 Å². The molecule has 0 bridgehead atoms. The summed E-state index contributed by atoms with van der Waals surface area (Å²) in [7, 11) is 0. The van der Waals surface area contributed by atoms with Gasteiger partial charge in [-0.05, 0) is 56.3 Å². The number of aliphatic hydroxyl groups is 1. The first-order chi connectivity index (χ1) is 12.1. The number of nitrogens with zero attached hydrogens (tertiary/aromatic N) is 2. The summed E-state index contributed by atoms with van der Waals surface area (Å²) < 4.78 is 5.51. The third-order valence-corrected chi connectivity index (χ3v) is 5.51. The first-order valence-electron chi connectivity index (χ1n) is 9.51. The molecule has 1 N–H and O–H groups in total. The Bertz CT molecular complexity index is 575. The number of carbonyl (C=O) groups is 1. The zero-order chi connectivity index (χ0) is 17.8. The Morgan fingerprint density at radius 1 is 1.24 bits per heavy atom. The average molecular weight is 346 g/mol. The zero-order valence-electron chi connectivity index (χ0n) is 15.4. The van der Waals surface area contributed by atoms with Crippen LogP contribution in [0, 0.1) is 5.92 Å². The minimum atomic E-state index is -0.318. The molecule has 2 saturated heterocycles. The van der Waals surface area contributed by atoms with Gasteiger partial charge >= 0.3 is 0 Å². The Morgan fingerprint density at radius 2 is 2.00 bits per heavy atom. The van der Waals surface area contributed by atoms with Crippen molar-refractivity contribution in [1.82, 2.24) is 9.80 Å². The lowest BCUT2D eigenvalue weighted by Crippen LogP contribution is -2.47. The van der Waals surface area contributed by atoms with Crippen LogP contribution in [0.2, 0.25) is 0 Å². The number of hydrogen-bond acceptors (Lipinski definition) is 4. The largest absolute Gasteiger partial charge is 0.494 e. The van der Waals surface area contributed by atoms with Crippen molar-refractivity contribution >= 4 is 5.91 Å². The normalized spacial score (nSPS) is 27.5. The van der Waals surface area contributed by atoms with Gasteiger partial charge in [-0.25, -0.2) is 0 Å². The molecule has 0 aromatic heterocycles. The lowest BCUT2D eigenvalue weighted by molar-refractivity contribution is -0.134.